The fourth-order valence-corrected chi connectivity index (χ4v) is 4.05. The topological polar surface area (TPSA) is 68.2 Å². The van der Waals surface area contributed by atoms with Crippen LogP contribution in [0.4, 0.5) is 0 Å². The summed E-state index contributed by atoms with van der Waals surface area (Å²) in [5, 5.41) is 9.57. The molecule has 2 aromatic carbocycles. The number of likely N-dealkylation sites (tertiary alicyclic amines) is 1. The number of hydrogen-bond donors (Lipinski definition) is 1. The number of nitrogens with zero attached hydrogens (tertiary/aromatic N) is 1. The zero-order chi connectivity index (χ0) is 20.8. The van der Waals surface area contributed by atoms with Gasteiger partial charge in [0.1, 0.15) is 5.75 Å². The normalized spacial score (nSPS) is 18.1. The molecule has 3 rings (SSSR count). The molecule has 0 aromatic heterocycles. The fraction of sp³-hybridized carbons (Fsp3) is 0.435. The first-order chi connectivity index (χ1) is 14.1. The molecule has 0 saturated carbocycles. The van der Waals surface area contributed by atoms with Crippen LogP contribution >= 0.6 is 0 Å². The van der Waals surface area contributed by atoms with Crippen LogP contribution in [0.2, 0.25) is 0 Å². The molecule has 0 aliphatic carbocycles. The SMILES string of the molecule is CCOc1ccc(C(c2ccccc2OC)N2CCCC(C(=O)O)C2)cc1OC. The Hall–Kier alpha value is -2.73. The van der Waals surface area contributed by atoms with Crippen molar-refractivity contribution >= 4 is 5.97 Å². The van der Waals surface area contributed by atoms with E-state index in [4.69, 9.17) is 14.2 Å². The number of carbonyl (C=O) groups is 1. The summed E-state index contributed by atoms with van der Waals surface area (Å²) in [6.07, 6.45) is 1.55. The first-order valence-electron chi connectivity index (χ1n) is 9.99. The Labute approximate surface area is 172 Å². The van der Waals surface area contributed by atoms with Gasteiger partial charge in [-0.3, -0.25) is 9.69 Å². The first kappa shape index (κ1) is 21.0. The highest BCUT2D eigenvalue weighted by Crippen LogP contribution is 2.40. The second-order valence-corrected chi connectivity index (χ2v) is 7.16. The molecule has 0 amide bonds. The van der Waals surface area contributed by atoms with E-state index in [0.29, 0.717) is 31.1 Å². The third-order valence-electron chi connectivity index (χ3n) is 5.40. The summed E-state index contributed by atoms with van der Waals surface area (Å²) in [7, 11) is 3.28. The number of hydrogen-bond acceptors (Lipinski definition) is 5. The van der Waals surface area contributed by atoms with Crippen molar-refractivity contribution in [2.45, 2.75) is 25.8 Å². The van der Waals surface area contributed by atoms with Gasteiger partial charge in [-0.15, -0.1) is 0 Å². The van der Waals surface area contributed by atoms with Crippen molar-refractivity contribution in [3.63, 3.8) is 0 Å². The van der Waals surface area contributed by atoms with Crippen LogP contribution in [0.1, 0.15) is 36.9 Å². The summed E-state index contributed by atoms with van der Waals surface area (Å²) in [6.45, 7) is 3.80. The van der Waals surface area contributed by atoms with E-state index in [0.717, 1.165) is 29.8 Å². The van der Waals surface area contributed by atoms with Crippen molar-refractivity contribution in [3.8, 4) is 17.2 Å². The maximum Gasteiger partial charge on any atom is 0.307 e. The molecule has 1 aliphatic heterocycles. The minimum Gasteiger partial charge on any atom is -0.496 e. The van der Waals surface area contributed by atoms with Crippen molar-refractivity contribution in [3.05, 3.63) is 53.6 Å². The number of aliphatic carboxylic acids is 1. The van der Waals surface area contributed by atoms with Crippen molar-refractivity contribution < 1.29 is 24.1 Å². The van der Waals surface area contributed by atoms with Gasteiger partial charge in [-0.1, -0.05) is 24.3 Å². The lowest BCUT2D eigenvalue weighted by Gasteiger charge is -2.38. The molecule has 1 aliphatic rings. The summed E-state index contributed by atoms with van der Waals surface area (Å²) in [6, 6.07) is 13.7. The monoisotopic (exact) mass is 399 g/mol. The lowest BCUT2D eigenvalue weighted by atomic mass is 9.91. The van der Waals surface area contributed by atoms with Gasteiger partial charge in [-0.05, 0) is 50.1 Å². The highest BCUT2D eigenvalue weighted by atomic mass is 16.5. The largest absolute Gasteiger partial charge is 0.496 e. The molecule has 0 spiro atoms. The second-order valence-electron chi connectivity index (χ2n) is 7.16. The maximum absolute atomic E-state index is 11.6. The van der Waals surface area contributed by atoms with Crippen LogP contribution < -0.4 is 14.2 Å². The average Bonchev–Trinajstić information content (AvgIpc) is 2.75. The van der Waals surface area contributed by atoms with Crippen LogP contribution in [-0.2, 0) is 4.79 Å². The molecule has 2 atom stereocenters. The Morgan fingerprint density at radius 3 is 2.59 bits per heavy atom. The molecule has 29 heavy (non-hydrogen) atoms. The summed E-state index contributed by atoms with van der Waals surface area (Å²) >= 11 is 0. The molecule has 2 aromatic rings. The fourth-order valence-electron chi connectivity index (χ4n) is 4.05. The molecule has 0 bridgehead atoms. The smallest absolute Gasteiger partial charge is 0.307 e. The van der Waals surface area contributed by atoms with E-state index < -0.39 is 5.97 Å². The Bertz CT molecular complexity index is 838. The van der Waals surface area contributed by atoms with Gasteiger partial charge in [-0.25, -0.2) is 0 Å². The van der Waals surface area contributed by atoms with Crippen molar-refractivity contribution in [1.82, 2.24) is 4.90 Å². The summed E-state index contributed by atoms with van der Waals surface area (Å²) in [4.78, 5) is 13.9. The van der Waals surface area contributed by atoms with Crippen LogP contribution in [0.5, 0.6) is 17.2 Å². The van der Waals surface area contributed by atoms with Gasteiger partial charge in [0.05, 0.1) is 32.8 Å². The molecular weight excluding hydrogens is 370 g/mol. The van der Waals surface area contributed by atoms with E-state index in [9.17, 15) is 9.90 Å². The Morgan fingerprint density at radius 1 is 1.14 bits per heavy atom. The zero-order valence-electron chi connectivity index (χ0n) is 17.3. The molecular formula is C23H29NO5. The van der Waals surface area contributed by atoms with Gasteiger partial charge in [0, 0.05) is 12.1 Å². The Balaban J connectivity index is 2.07. The number of carboxylic acids is 1. The standard InChI is InChI=1S/C23H29NO5/c1-4-29-20-12-11-16(14-21(20)28-3)22(18-9-5-6-10-19(18)27-2)24-13-7-8-17(15-24)23(25)26/h5-6,9-12,14,17,22H,4,7-8,13,15H2,1-3H3,(H,25,26). The molecule has 1 saturated heterocycles. The Morgan fingerprint density at radius 2 is 1.90 bits per heavy atom. The highest BCUT2D eigenvalue weighted by Gasteiger charge is 2.33. The minimum atomic E-state index is -0.738. The number of para-hydroxylation sites is 1. The third kappa shape index (κ3) is 4.65. The molecule has 0 radical (unpaired) electrons. The van der Waals surface area contributed by atoms with E-state index in [1.807, 2.05) is 49.4 Å². The van der Waals surface area contributed by atoms with Crippen LogP contribution in [0.15, 0.2) is 42.5 Å². The number of rotatable bonds is 8. The molecule has 156 valence electrons. The van der Waals surface area contributed by atoms with Gasteiger partial charge < -0.3 is 19.3 Å². The van der Waals surface area contributed by atoms with Crippen LogP contribution in [-0.4, -0.2) is 49.9 Å². The van der Waals surface area contributed by atoms with Crippen molar-refractivity contribution in [1.29, 1.82) is 0 Å². The number of benzene rings is 2. The number of ether oxygens (including phenoxy) is 3. The van der Waals surface area contributed by atoms with Gasteiger partial charge in [0.15, 0.2) is 11.5 Å². The third-order valence-corrected chi connectivity index (χ3v) is 5.40. The molecule has 1 N–H and O–H groups in total. The lowest BCUT2D eigenvalue weighted by molar-refractivity contribution is -0.143. The van der Waals surface area contributed by atoms with Crippen LogP contribution in [0.3, 0.4) is 0 Å². The molecule has 1 fully saturated rings. The van der Waals surface area contributed by atoms with E-state index in [1.165, 1.54) is 0 Å². The van der Waals surface area contributed by atoms with Gasteiger partial charge in [0.25, 0.3) is 0 Å². The summed E-state index contributed by atoms with van der Waals surface area (Å²) in [5.41, 5.74) is 2.02. The van der Waals surface area contributed by atoms with E-state index in [2.05, 4.69) is 4.90 Å². The van der Waals surface area contributed by atoms with Crippen molar-refractivity contribution in [2.24, 2.45) is 5.92 Å². The Kier molecular flexibility index (Phi) is 6.99. The molecule has 2 unspecified atom stereocenters. The van der Waals surface area contributed by atoms with E-state index in [-0.39, 0.29) is 12.0 Å². The predicted octanol–water partition coefficient (Wildman–Crippen LogP) is 3.99. The average molecular weight is 399 g/mol. The summed E-state index contributed by atoms with van der Waals surface area (Å²) in [5.74, 6) is 1.03. The molecule has 1 heterocycles. The number of methoxy groups -OCH3 is 2. The lowest BCUT2D eigenvalue weighted by Crippen LogP contribution is -2.41. The zero-order valence-corrected chi connectivity index (χ0v) is 17.3. The van der Waals surface area contributed by atoms with Crippen LogP contribution in [0, 0.1) is 5.92 Å². The van der Waals surface area contributed by atoms with E-state index >= 15 is 0 Å². The van der Waals surface area contributed by atoms with Gasteiger partial charge in [-0.2, -0.15) is 0 Å². The van der Waals surface area contributed by atoms with Gasteiger partial charge in [0.2, 0.25) is 0 Å². The summed E-state index contributed by atoms with van der Waals surface area (Å²) < 4.78 is 16.9. The van der Waals surface area contributed by atoms with Gasteiger partial charge >= 0.3 is 5.97 Å². The van der Waals surface area contributed by atoms with E-state index in [1.54, 1.807) is 14.2 Å². The quantitative estimate of drug-likeness (QED) is 0.724. The molecule has 6 nitrogen and oxygen atoms in total. The highest BCUT2D eigenvalue weighted by molar-refractivity contribution is 5.70. The predicted molar refractivity (Wildman–Crippen MR) is 111 cm³/mol. The van der Waals surface area contributed by atoms with Crippen molar-refractivity contribution in [2.75, 3.05) is 33.9 Å². The second kappa shape index (κ2) is 9.65. The first-order valence-corrected chi connectivity index (χ1v) is 9.99. The molecule has 6 heteroatoms. The minimum absolute atomic E-state index is 0.141. The maximum atomic E-state index is 11.6. The number of carboxylic acid groups (broad SMARTS) is 1. The number of piperidine rings is 1. The van der Waals surface area contributed by atoms with Crippen LogP contribution in [0.25, 0.3) is 0 Å².